The fourth-order valence-corrected chi connectivity index (χ4v) is 2.06. The molecule has 1 saturated heterocycles. The number of aliphatic carboxylic acids is 1. The first-order chi connectivity index (χ1) is 9.56. The van der Waals surface area contributed by atoms with E-state index in [2.05, 4.69) is 0 Å². The third kappa shape index (κ3) is 3.54. The molecule has 0 atom stereocenters. The molecule has 0 unspecified atom stereocenters. The van der Waals surface area contributed by atoms with Gasteiger partial charge in [0, 0.05) is 18.9 Å². The number of imide groups is 1. The Hall–Kier alpha value is -2.43. The molecule has 0 spiro atoms. The molecule has 2 rings (SSSR count). The summed E-state index contributed by atoms with van der Waals surface area (Å²) in [6, 6.07) is 7.09. The van der Waals surface area contributed by atoms with Gasteiger partial charge in [-0.3, -0.25) is 14.5 Å². The topological polar surface area (TPSA) is 74.7 Å². The number of carbonyl (C=O) groups is 3. The number of rotatable bonds is 4. The van der Waals surface area contributed by atoms with Crippen molar-refractivity contribution in [2.24, 2.45) is 0 Å². The monoisotopic (exact) mass is 273 g/mol. The van der Waals surface area contributed by atoms with Crippen LogP contribution in [0.25, 0.3) is 6.08 Å². The van der Waals surface area contributed by atoms with Gasteiger partial charge in [-0.05, 0) is 23.6 Å². The molecule has 0 bridgehead atoms. The number of amides is 2. The van der Waals surface area contributed by atoms with Crippen molar-refractivity contribution < 1.29 is 19.5 Å². The van der Waals surface area contributed by atoms with Crippen molar-refractivity contribution in [2.75, 3.05) is 0 Å². The fourth-order valence-electron chi connectivity index (χ4n) is 2.06. The van der Waals surface area contributed by atoms with Crippen LogP contribution in [-0.4, -0.2) is 27.8 Å². The van der Waals surface area contributed by atoms with Crippen LogP contribution in [0.15, 0.2) is 30.3 Å². The molecule has 104 valence electrons. The van der Waals surface area contributed by atoms with Crippen molar-refractivity contribution in [3.63, 3.8) is 0 Å². The van der Waals surface area contributed by atoms with Gasteiger partial charge in [0.2, 0.25) is 11.8 Å². The molecule has 5 heteroatoms. The Kier molecular flexibility index (Phi) is 4.30. The zero-order valence-corrected chi connectivity index (χ0v) is 10.9. The molecule has 1 aliphatic heterocycles. The minimum atomic E-state index is -1.00. The Labute approximate surface area is 116 Å². The Morgan fingerprint density at radius 1 is 1.15 bits per heavy atom. The molecule has 2 amide bonds. The van der Waals surface area contributed by atoms with E-state index in [9.17, 15) is 14.4 Å². The highest BCUT2D eigenvalue weighted by Gasteiger charge is 2.25. The average Bonchev–Trinajstić information content (AvgIpc) is 2.42. The van der Waals surface area contributed by atoms with E-state index in [0.29, 0.717) is 19.3 Å². The highest BCUT2D eigenvalue weighted by atomic mass is 16.4. The third-order valence-corrected chi connectivity index (χ3v) is 3.12. The first kappa shape index (κ1) is 14.0. The average molecular weight is 273 g/mol. The van der Waals surface area contributed by atoms with Crippen molar-refractivity contribution in [2.45, 2.75) is 25.8 Å². The molecule has 1 fully saturated rings. The van der Waals surface area contributed by atoms with E-state index in [1.807, 2.05) is 0 Å². The maximum absolute atomic E-state index is 11.7. The third-order valence-electron chi connectivity index (χ3n) is 3.12. The Bertz CT molecular complexity index is 544. The summed E-state index contributed by atoms with van der Waals surface area (Å²) < 4.78 is 0. The highest BCUT2D eigenvalue weighted by molar-refractivity contribution is 5.97. The van der Waals surface area contributed by atoms with Crippen molar-refractivity contribution in [3.8, 4) is 0 Å². The molecular formula is C15H15NO4. The zero-order chi connectivity index (χ0) is 14.5. The summed E-state index contributed by atoms with van der Waals surface area (Å²) >= 11 is 0. The molecule has 1 aliphatic rings. The van der Waals surface area contributed by atoms with Crippen LogP contribution >= 0.6 is 0 Å². The molecule has 1 N–H and O–H groups in total. The SMILES string of the molecule is O=C(O)C=Cc1ccc(CN2C(=O)CCCC2=O)cc1. The van der Waals surface area contributed by atoms with E-state index in [0.717, 1.165) is 17.2 Å². The molecule has 20 heavy (non-hydrogen) atoms. The lowest BCUT2D eigenvalue weighted by atomic mass is 10.1. The van der Waals surface area contributed by atoms with Crippen molar-refractivity contribution in [3.05, 3.63) is 41.5 Å². The minimum absolute atomic E-state index is 0.129. The van der Waals surface area contributed by atoms with E-state index in [1.54, 1.807) is 24.3 Å². The number of carbonyl (C=O) groups excluding carboxylic acids is 2. The van der Waals surface area contributed by atoms with E-state index in [-0.39, 0.29) is 18.4 Å². The molecule has 0 saturated carbocycles. The van der Waals surface area contributed by atoms with Gasteiger partial charge in [-0.2, -0.15) is 0 Å². The predicted octanol–water partition coefficient (Wildman–Crippen LogP) is 1.82. The molecule has 0 aliphatic carbocycles. The lowest BCUT2D eigenvalue weighted by Gasteiger charge is -2.24. The second-order valence-electron chi connectivity index (χ2n) is 4.64. The predicted molar refractivity (Wildman–Crippen MR) is 72.5 cm³/mol. The van der Waals surface area contributed by atoms with E-state index >= 15 is 0 Å². The largest absolute Gasteiger partial charge is 0.478 e. The molecule has 1 aromatic carbocycles. The second-order valence-corrected chi connectivity index (χ2v) is 4.64. The smallest absolute Gasteiger partial charge is 0.328 e. The van der Waals surface area contributed by atoms with Gasteiger partial charge in [0.25, 0.3) is 0 Å². The normalized spacial score (nSPS) is 15.9. The van der Waals surface area contributed by atoms with Crippen molar-refractivity contribution in [1.82, 2.24) is 4.90 Å². The molecule has 1 aromatic rings. The van der Waals surface area contributed by atoms with Gasteiger partial charge in [-0.25, -0.2) is 4.79 Å². The van der Waals surface area contributed by atoms with Gasteiger partial charge in [0.05, 0.1) is 6.54 Å². The van der Waals surface area contributed by atoms with Crippen LogP contribution in [0.5, 0.6) is 0 Å². The van der Waals surface area contributed by atoms with Crippen LogP contribution in [0.4, 0.5) is 0 Å². The standard InChI is InChI=1S/C15H15NO4/c17-13-2-1-3-14(18)16(13)10-12-6-4-11(5-7-12)8-9-15(19)20/h4-9H,1-3,10H2,(H,19,20). The highest BCUT2D eigenvalue weighted by Crippen LogP contribution is 2.16. The minimum Gasteiger partial charge on any atom is -0.478 e. The molecule has 5 nitrogen and oxygen atoms in total. The molecule has 1 heterocycles. The number of hydrogen-bond donors (Lipinski definition) is 1. The van der Waals surface area contributed by atoms with Gasteiger partial charge in [0.1, 0.15) is 0 Å². The first-order valence-electron chi connectivity index (χ1n) is 6.39. The van der Waals surface area contributed by atoms with Gasteiger partial charge >= 0.3 is 5.97 Å². The van der Waals surface area contributed by atoms with Crippen LogP contribution in [0.1, 0.15) is 30.4 Å². The van der Waals surface area contributed by atoms with E-state index < -0.39 is 5.97 Å². The summed E-state index contributed by atoms with van der Waals surface area (Å²) in [5.41, 5.74) is 1.61. The summed E-state index contributed by atoms with van der Waals surface area (Å²) in [5, 5.41) is 8.54. The van der Waals surface area contributed by atoms with Gasteiger partial charge in [-0.15, -0.1) is 0 Å². The molecule has 0 aromatic heterocycles. The first-order valence-corrected chi connectivity index (χ1v) is 6.39. The fraction of sp³-hybridized carbons (Fsp3) is 0.267. The Morgan fingerprint density at radius 2 is 1.75 bits per heavy atom. The van der Waals surface area contributed by atoms with E-state index in [4.69, 9.17) is 5.11 Å². The summed E-state index contributed by atoms with van der Waals surface area (Å²) in [6.07, 6.45) is 4.03. The Balaban J connectivity index is 2.05. The summed E-state index contributed by atoms with van der Waals surface area (Å²) in [4.78, 5) is 35.1. The maximum atomic E-state index is 11.7. The zero-order valence-electron chi connectivity index (χ0n) is 10.9. The van der Waals surface area contributed by atoms with Gasteiger partial charge in [0.15, 0.2) is 0 Å². The number of benzene rings is 1. The summed E-state index contributed by atoms with van der Waals surface area (Å²) in [6.45, 7) is 0.278. The lowest BCUT2D eigenvalue weighted by molar-refractivity contribution is -0.148. The lowest BCUT2D eigenvalue weighted by Crippen LogP contribution is -2.39. The van der Waals surface area contributed by atoms with Gasteiger partial charge < -0.3 is 5.11 Å². The quantitative estimate of drug-likeness (QED) is 0.670. The number of piperidine rings is 1. The Morgan fingerprint density at radius 3 is 2.30 bits per heavy atom. The van der Waals surface area contributed by atoms with Crippen LogP contribution in [0, 0.1) is 0 Å². The number of carboxylic acid groups (broad SMARTS) is 1. The second kappa shape index (κ2) is 6.14. The molecular weight excluding hydrogens is 258 g/mol. The van der Waals surface area contributed by atoms with Crippen molar-refractivity contribution >= 4 is 23.9 Å². The van der Waals surface area contributed by atoms with Crippen LogP contribution in [0.2, 0.25) is 0 Å². The molecule has 0 radical (unpaired) electrons. The van der Waals surface area contributed by atoms with Crippen LogP contribution in [-0.2, 0) is 20.9 Å². The maximum Gasteiger partial charge on any atom is 0.328 e. The number of likely N-dealkylation sites (tertiary alicyclic amines) is 1. The summed E-state index contributed by atoms with van der Waals surface area (Å²) in [5.74, 6) is -1.26. The van der Waals surface area contributed by atoms with Crippen LogP contribution < -0.4 is 0 Å². The van der Waals surface area contributed by atoms with E-state index in [1.165, 1.54) is 11.0 Å². The van der Waals surface area contributed by atoms with Gasteiger partial charge in [-0.1, -0.05) is 24.3 Å². The number of nitrogens with zero attached hydrogens (tertiary/aromatic N) is 1. The summed E-state index contributed by atoms with van der Waals surface area (Å²) in [7, 11) is 0. The van der Waals surface area contributed by atoms with Crippen molar-refractivity contribution in [1.29, 1.82) is 0 Å². The van der Waals surface area contributed by atoms with Crippen LogP contribution in [0.3, 0.4) is 0 Å². The number of carboxylic acids is 1. The number of hydrogen-bond acceptors (Lipinski definition) is 3.